The zero-order chi connectivity index (χ0) is 3.86. The first-order valence-corrected chi connectivity index (χ1v) is 1.96. The van der Waals surface area contributed by atoms with Crippen molar-refractivity contribution < 1.29 is 4.57 Å². The third-order valence-electron chi connectivity index (χ3n) is 1.01. The molecule has 0 aromatic heterocycles. The van der Waals surface area contributed by atoms with Crippen LogP contribution in [0.25, 0.3) is 0 Å². The molecule has 0 radical (unpaired) electrons. The molecule has 1 rings (SSSR count). The minimum atomic E-state index is 0.551. The first kappa shape index (κ1) is 3.29. The van der Waals surface area contributed by atoms with Crippen molar-refractivity contribution in [2.24, 2.45) is 0 Å². The largest absolute Gasteiger partial charge is 0.506 e. The van der Waals surface area contributed by atoms with Gasteiger partial charge in [0, 0.05) is 0 Å². The Kier molecular flexibility index (Phi) is 0.511. The summed E-state index contributed by atoms with van der Waals surface area (Å²) in [6, 6.07) is 0. The van der Waals surface area contributed by atoms with Crippen molar-refractivity contribution in [3.63, 3.8) is 0 Å². The van der Waals surface area contributed by atoms with E-state index in [2.05, 4.69) is 13.6 Å². The molecule has 0 aliphatic carbocycles. The summed E-state index contributed by atoms with van der Waals surface area (Å²) < 4.78 is 4.92. The van der Waals surface area contributed by atoms with Gasteiger partial charge in [0.05, 0.1) is 0 Å². The standard InChI is InChI=1S/C2H6B2O/c1-3-4(2)5-3/h1-2H3. The summed E-state index contributed by atoms with van der Waals surface area (Å²) in [5.74, 6) is 0. The molecule has 1 aliphatic heterocycles. The van der Waals surface area contributed by atoms with Gasteiger partial charge in [-0.3, -0.25) is 0 Å². The molecule has 1 fully saturated rings. The lowest BCUT2D eigenvalue weighted by molar-refractivity contribution is 0.723. The summed E-state index contributed by atoms with van der Waals surface area (Å²) in [5.41, 5.74) is 0. The van der Waals surface area contributed by atoms with Gasteiger partial charge in [-0.05, 0) is 0 Å². The Morgan fingerprint density at radius 1 is 1.20 bits per heavy atom. The van der Waals surface area contributed by atoms with Gasteiger partial charge in [0.1, 0.15) is 0 Å². The minimum absolute atomic E-state index is 0.551. The van der Waals surface area contributed by atoms with E-state index in [1.807, 2.05) is 0 Å². The summed E-state index contributed by atoms with van der Waals surface area (Å²) >= 11 is 0. The van der Waals surface area contributed by atoms with Crippen molar-refractivity contribution in [2.75, 3.05) is 0 Å². The molecular formula is C2H6B2O. The molecule has 3 heteroatoms. The van der Waals surface area contributed by atoms with E-state index >= 15 is 0 Å². The molecule has 0 spiro atoms. The van der Waals surface area contributed by atoms with E-state index in [9.17, 15) is 0 Å². The molecule has 0 aromatic carbocycles. The molecule has 1 aliphatic rings. The van der Waals surface area contributed by atoms with E-state index in [-0.39, 0.29) is 0 Å². The van der Waals surface area contributed by atoms with E-state index in [0.29, 0.717) is 13.6 Å². The van der Waals surface area contributed by atoms with Gasteiger partial charge < -0.3 is 4.57 Å². The Morgan fingerprint density at radius 2 is 1.40 bits per heavy atom. The second-order valence-corrected chi connectivity index (χ2v) is 1.55. The molecule has 0 N–H and O–H groups in total. The summed E-state index contributed by atoms with van der Waals surface area (Å²) in [4.78, 5) is 0. The fourth-order valence-electron chi connectivity index (χ4n) is 0.293. The molecule has 0 atom stereocenters. The van der Waals surface area contributed by atoms with Gasteiger partial charge in [-0.2, -0.15) is 0 Å². The Hall–Kier alpha value is 0.0899. The molecule has 0 unspecified atom stereocenters. The fourth-order valence-corrected chi connectivity index (χ4v) is 0.293. The van der Waals surface area contributed by atoms with Crippen LogP contribution in [0.15, 0.2) is 0 Å². The van der Waals surface area contributed by atoms with Crippen molar-refractivity contribution >= 4 is 13.6 Å². The van der Waals surface area contributed by atoms with Crippen molar-refractivity contribution in [3.8, 4) is 0 Å². The third-order valence-corrected chi connectivity index (χ3v) is 1.01. The van der Waals surface area contributed by atoms with Crippen LogP contribution in [0.5, 0.6) is 0 Å². The lowest BCUT2D eigenvalue weighted by atomic mass is 9.43. The SMILES string of the molecule is CB1OB1C. The summed E-state index contributed by atoms with van der Waals surface area (Å²) in [5, 5.41) is 0. The van der Waals surface area contributed by atoms with Crippen LogP contribution in [0.3, 0.4) is 0 Å². The number of hydrogen-bond acceptors (Lipinski definition) is 1. The third kappa shape index (κ3) is 0.482. The van der Waals surface area contributed by atoms with Gasteiger partial charge in [0.2, 0.25) is 0 Å². The van der Waals surface area contributed by atoms with E-state index in [1.165, 1.54) is 0 Å². The van der Waals surface area contributed by atoms with Crippen LogP contribution in [0.2, 0.25) is 13.6 Å². The van der Waals surface area contributed by atoms with Gasteiger partial charge in [0.25, 0.3) is 13.6 Å². The van der Waals surface area contributed by atoms with Crippen LogP contribution in [0, 0.1) is 0 Å². The average Bonchev–Trinajstić information content (AvgIpc) is 1.79. The summed E-state index contributed by atoms with van der Waals surface area (Å²) in [6.07, 6.45) is 0. The van der Waals surface area contributed by atoms with Crippen LogP contribution in [-0.2, 0) is 4.57 Å². The highest BCUT2D eigenvalue weighted by Gasteiger charge is 2.37. The Balaban J connectivity index is 2.20. The summed E-state index contributed by atoms with van der Waals surface area (Å²) in [7, 11) is 0. The number of hydrogen-bond donors (Lipinski definition) is 0. The maximum atomic E-state index is 4.92. The Bertz CT molecular complexity index is 40.9. The first-order chi connectivity index (χ1) is 2.30. The second-order valence-electron chi connectivity index (χ2n) is 1.55. The second kappa shape index (κ2) is 0.777. The highest BCUT2D eigenvalue weighted by molar-refractivity contribution is 7.29. The van der Waals surface area contributed by atoms with Crippen LogP contribution in [-0.4, -0.2) is 13.6 Å². The molecule has 0 aromatic rings. The van der Waals surface area contributed by atoms with Crippen molar-refractivity contribution in [1.29, 1.82) is 0 Å². The monoisotopic (exact) mass is 68.1 g/mol. The van der Waals surface area contributed by atoms with E-state index in [0.717, 1.165) is 0 Å². The lowest BCUT2D eigenvalue weighted by Gasteiger charge is -1.48. The summed E-state index contributed by atoms with van der Waals surface area (Å²) in [6.45, 7) is 5.25. The van der Waals surface area contributed by atoms with Crippen molar-refractivity contribution in [3.05, 3.63) is 0 Å². The normalized spacial score (nSPS) is 20.4. The highest BCUT2D eigenvalue weighted by atomic mass is 16.5. The Morgan fingerprint density at radius 3 is 1.40 bits per heavy atom. The predicted octanol–water partition coefficient (Wildman–Crippen LogP) is 0.338. The van der Waals surface area contributed by atoms with Crippen LogP contribution >= 0.6 is 0 Å². The molecule has 1 nitrogen and oxygen atoms in total. The molecule has 0 amide bonds. The van der Waals surface area contributed by atoms with Crippen molar-refractivity contribution in [2.45, 2.75) is 13.6 Å². The average molecular weight is 67.7 g/mol. The molecular weight excluding hydrogens is 61.6 g/mol. The molecule has 26 valence electrons. The molecule has 5 heavy (non-hydrogen) atoms. The quantitative estimate of drug-likeness (QED) is 0.294. The van der Waals surface area contributed by atoms with Crippen LogP contribution in [0.1, 0.15) is 0 Å². The van der Waals surface area contributed by atoms with Gasteiger partial charge in [0.15, 0.2) is 0 Å². The first-order valence-electron chi connectivity index (χ1n) is 1.96. The topological polar surface area (TPSA) is 12.5 Å². The molecule has 1 saturated heterocycles. The molecule has 0 saturated carbocycles. The predicted molar refractivity (Wildman–Crippen MR) is 24.3 cm³/mol. The zero-order valence-electron chi connectivity index (χ0n) is 3.56. The maximum absolute atomic E-state index is 4.92. The van der Waals surface area contributed by atoms with Crippen molar-refractivity contribution in [1.82, 2.24) is 0 Å². The van der Waals surface area contributed by atoms with Gasteiger partial charge in [-0.25, -0.2) is 0 Å². The molecule has 0 bridgehead atoms. The highest BCUT2D eigenvalue weighted by Crippen LogP contribution is 2.09. The van der Waals surface area contributed by atoms with Crippen LogP contribution < -0.4 is 0 Å². The number of rotatable bonds is 0. The van der Waals surface area contributed by atoms with E-state index in [4.69, 9.17) is 4.57 Å². The van der Waals surface area contributed by atoms with E-state index < -0.39 is 0 Å². The minimum Gasteiger partial charge on any atom is -0.506 e. The Labute approximate surface area is 32.9 Å². The molecule has 1 heterocycles. The van der Waals surface area contributed by atoms with Gasteiger partial charge in [-0.15, -0.1) is 0 Å². The van der Waals surface area contributed by atoms with Crippen LogP contribution in [0.4, 0.5) is 0 Å². The van der Waals surface area contributed by atoms with Gasteiger partial charge >= 0.3 is 0 Å². The van der Waals surface area contributed by atoms with Gasteiger partial charge in [-0.1, -0.05) is 13.6 Å². The fraction of sp³-hybridized carbons (Fsp3) is 1.00. The smallest absolute Gasteiger partial charge is 0.269 e. The lowest BCUT2D eigenvalue weighted by Crippen LogP contribution is -1.86. The maximum Gasteiger partial charge on any atom is 0.269 e. The van der Waals surface area contributed by atoms with E-state index in [1.54, 1.807) is 0 Å². The zero-order valence-corrected chi connectivity index (χ0v) is 3.56.